The molecule has 5 nitrogen and oxygen atoms in total. The van der Waals surface area contributed by atoms with Gasteiger partial charge in [0.15, 0.2) is 0 Å². The molecule has 1 aromatic carbocycles. The maximum Gasteiger partial charge on any atom is 0.293 e. The fraction of sp³-hybridized carbons (Fsp3) is 0.571. The van der Waals surface area contributed by atoms with Crippen molar-refractivity contribution >= 4 is 34.0 Å². The average Bonchev–Trinajstić information content (AvgIpc) is 2.46. The molecule has 0 amide bonds. The average molecular weight is 389 g/mol. The van der Waals surface area contributed by atoms with Gasteiger partial charge in [0.1, 0.15) is 5.69 Å². The summed E-state index contributed by atoms with van der Waals surface area (Å²) in [5, 5.41) is 14.7. The topological polar surface area (TPSA) is 58.4 Å². The zero-order valence-electron chi connectivity index (χ0n) is 11.6. The van der Waals surface area contributed by atoms with Crippen LogP contribution in [0.4, 0.5) is 11.4 Å². The van der Waals surface area contributed by atoms with E-state index in [1.807, 2.05) is 12.1 Å². The third kappa shape index (κ3) is 3.60. The molecule has 20 heavy (non-hydrogen) atoms. The van der Waals surface area contributed by atoms with Crippen LogP contribution < -0.4 is 10.2 Å². The maximum absolute atomic E-state index is 11.3. The first-order valence-electron chi connectivity index (χ1n) is 7.04. The van der Waals surface area contributed by atoms with Gasteiger partial charge in [-0.2, -0.15) is 0 Å². The first-order chi connectivity index (χ1) is 9.63. The van der Waals surface area contributed by atoms with Gasteiger partial charge in [-0.25, -0.2) is 0 Å². The van der Waals surface area contributed by atoms with Crippen LogP contribution in [-0.4, -0.2) is 30.6 Å². The van der Waals surface area contributed by atoms with E-state index >= 15 is 0 Å². The van der Waals surface area contributed by atoms with Gasteiger partial charge in [-0.1, -0.05) is 6.92 Å². The van der Waals surface area contributed by atoms with Crippen LogP contribution in [0.15, 0.2) is 18.2 Å². The lowest BCUT2D eigenvalue weighted by molar-refractivity contribution is -0.384. The molecule has 1 fully saturated rings. The smallest absolute Gasteiger partial charge is 0.293 e. The molecule has 1 aliphatic rings. The van der Waals surface area contributed by atoms with Crippen LogP contribution in [-0.2, 0) is 0 Å². The molecule has 0 aromatic heterocycles. The number of anilines is 1. The predicted octanol–water partition coefficient (Wildman–Crippen LogP) is 3.17. The number of nitro groups is 1. The first kappa shape index (κ1) is 15.5. The highest BCUT2D eigenvalue weighted by atomic mass is 127. The van der Waals surface area contributed by atoms with Crippen LogP contribution in [0.1, 0.15) is 26.2 Å². The second kappa shape index (κ2) is 7.21. The molecule has 1 heterocycles. The lowest BCUT2D eigenvalue weighted by Gasteiger charge is -2.36. The van der Waals surface area contributed by atoms with Crippen molar-refractivity contribution in [3.63, 3.8) is 0 Å². The van der Waals surface area contributed by atoms with Crippen LogP contribution in [0.3, 0.4) is 0 Å². The summed E-state index contributed by atoms with van der Waals surface area (Å²) in [7, 11) is 0. The Kier molecular flexibility index (Phi) is 5.59. The van der Waals surface area contributed by atoms with Crippen LogP contribution in [0.5, 0.6) is 0 Å². The minimum atomic E-state index is -0.267. The SMILES string of the molecule is CCCN(c1ccc(I)cc1[N+](=O)[O-])C1CCCNC1. The first-order valence-corrected chi connectivity index (χ1v) is 8.12. The molecule has 110 valence electrons. The van der Waals surface area contributed by atoms with Gasteiger partial charge in [-0.15, -0.1) is 0 Å². The second-order valence-electron chi connectivity index (χ2n) is 5.08. The Morgan fingerprint density at radius 1 is 1.55 bits per heavy atom. The molecule has 0 bridgehead atoms. The van der Waals surface area contributed by atoms with E-state index in [9.17, 15) is 10.1 Å². The van der Waals surface area contributed by atoms with E-state index in [-0.39, 0.29) is 10.6 Å². The van der Waals surface area contributed by atoms with E-state index < -0.39 is 0 Å². The summed E-state index contributed by atoms with van der Waals surface area (Å²) in [4.78, 5) is 13.3. The molecular weight excluding hydrogens is 369 g/mol. The molecule has 1 saturated heterocycles. The third-order valence-electron chi connectivity index (χ3n) is 3.62. The highest BCUT2D eigenvalue weighted by Crippen LogP contribution is 2.32. The highest BCUT2D eigenvalue weighted by Gasteiger charge is 2.26. The molecule has 1 atom stereocenters. The Morgan fingerprint density at radius 2 is 2.35 bits per heavy atom. The second-order valence-corrected chi connectivity index (χ2v) is 6.33. The van der Waals surface area contributed by atoms with Crippen molar-refractivity contribution in [2.45, 2.75) is 32.2 Å². The van der Waals surface area contributed by atoms with Gasteiger partial charge in [0.25, 0.3) is 5.69 Å². The minimum absolute atomic E-state index is 0.218. The van der Waals surface area contributed by atoms with Gasteiger partial charge in [0.05, 0.1) is 4.92 Å². The summed E-state index contributed by atoms with van der Waals surface area (Å²) in [5.74, 6) is 0. The van der Waals surface area contributed by atoms with Crippen LogP contribution in [0, 0.1) is 13.7 Å². The number of nitrogens with one attached hydrogen (secondary N) is 1. The molecule has 0 spiro atoms. The summed E-state index contributed by atoms with van der Waals surface area (Å²) in [5.41, 5.74) is 0.974. The van der Waals surface area contributed by atoms with E-state index in [0.29, 0.717) is 6.04 Å². The zero-order valence-corrected chi connectivity index (χ0v) is 13.8. The minimum Gasteiger partial charge on any atom is -0.362 e. The van der Waals surface area contributed by atoms with Gasteiger partial charge in [0, 0.05) is 28.8 Å². The zero-order chi connectivity index (χ0) is 14.5. The monoisotopic (exact) mass is 389 g/mol. The number of hydrogen-bond donors (Lipinski definition) is 1. The number of nitrogens with zero attached hydrogens (tertiary/aromatic N) is 2. The van der Waals surface area contributed by atoms with Gasteiger partial charge < -0.3 is 10.2 Å². The van der Waals surface area contributed by atoms with Crippen molar-refractivity contribution < 1.29 is 4.92 Å². The molecule has 1 unspecified atom stereocenters. The number of benzene rings is 1. The summed E-state index contributed by atoms with van der Waals surface area (Å²) in [6.45, 7) is 4.92. The molecule has 1 aromatic rings. The number of halogens is 1. The largest absolute Gasteiger partial charge is 0.362 e. The Balaban J connectivity index is 2.35. The van der Waals surface area contributed by atoms with Gasteiger partial charge in [-0.05, 0) is 60.5 Å². The molecule has 0 radical (unpaired) electrons. The Bertz CT molecular complexity index is 475. The van der Waals surface area contributed by atoms with Crippen molar-refractivity contribution in [1.82, 2.24) is 5.32 Å². The summed E-state index contributed by atoms with van der Waals surface area (Å²) < 4.78 is 0.899. The third-order valence-corrected chi connectivity index (χ3v) is 4.29. The lowest BCUT2D eigenvalue weighted by atomic mass is 10.0. The van der Waals surface area contributed by atoms with E-state index in [4.69, 9.17) is 0 Å². The predicted molar refractivity (Wildman–Crippen MR) is 89.3 cm³/mol. The van der Waals surface area contributed by atoms with E-state index in [0.717, 1.165) is 48.2 Å². The van der Waals surface area contributed by atoms with Crippen molar-refractivity contribution in [1.29, 1.82) is 0 Å². The molecule has 0 saturated carbocycles. The van der Waals surface area contributed by atoms with E-state index in [2.05, 4.69) is 39.7 Å². The van der Waals surface area contributed by atoms with Crippen molar-refractivity contribution in [3.05, 3.63) is 31.9 Å². The quantitative estimate of drug-likeness (QED) is 0.478. The van der Waals surface area contributed by atoms with E-state index in [1.165, 1.54) is 0 Å². The molecule has 2 rings (SSSR count). The number of hydrogen-bond acceptors (Lipinski definition) is 4. The number of rotatable bonds is 5. The molecule has 1 aliphatic heterocycles. The molecule has 1 N–H and O–H groups in total. The maximum atomic E-state index is 11.3. The van der Waals surface area contributed by atoms with Crippen molar-refractivity contribution in [3.8, 4) is 0 Å². The van der Waals surface area contributed by atoms with Crippen LogP contribution in [0.25, 0.3) is 0 Å². The Labute approximate surface area is 133 Å². The van der Waals surface area contributed by atoms with Crippen LogP contribution >= 0.6 is 22.6 Å². The normalized spacial score (nSPS) is 18.8. The van der Waals surface area contributed by atoms with Crippen molar-refractivity contribution in [2.24, 2.45) is 0 Å². The number of piperidine rings is 1. The van der Waals surface area contributed by atoms with E-state index in [1.54, 1.807) is 6.07 Å². The molecule has 0 aliphatic carbocycles. The fourth-order valence-electron chi connectivity index (χ4n) is 2.73. The Hall–Kier alpha value is -0.890. The summed E-state index contributed by atoms with van der Waals surface area (Å²) in [6, 6.07) is 5.85. The molecular formula is C14H20IN3O2. The van der Waals surface area contributed by atoms with Crippen molar-refractivity contribution in [2.75, 3.05) is 24.5 Å². The molecule has 6 heteroatoms. The standard InChI is InChI=1S/C14H20IN3O2/c1-2-8-17(12-4-3-7-16-10-12)13-6-5-11(15)9-14(13)18(19)20/h5-6,9,12,16H,2-4,7-8,10H2,1H3. The van der Waals surface area contributed by atoms with Gasteiger partial charge >= 0.3 is 0 Å². The van der Waals surface area contributed by atoms with Gasteiger partial charge in [0.2, 0.25) is 0 Å². The Morgan fingerprint density at radius 3 is 2.95 bits per heavy atom. The summed E-state index contributed by atoms with van der Waals surface area (Å²) >= 11 is 2.12. The number of nitro benzene ring substituents is 1. The summed E-state index contributed by atoms with van der Waals surface area (Å²) in [6.07, 6.45) is 3.21. The lowest BCUT2D eigenvalue weighted by Crippen LogP contribution is -2.46. The van der Waals surface area contributed by atoms with Gasteiger partial charge in [-0.3, -0.25) is 10.1 Å². The highest BCUT2D eigenvalue weighted by molar-refractivity contribution is 14.1. The van der Waals surface area contributed by atoms with Crippen LogP contribution in [0.2, 0.25) is 0 Å². The fourth-order valence-corrected chi connectivity index (χ4v) is 3.20.